The number of hydrogen-bond donors (Lipinski definition) is 1. The molecule has 5 heteroatoms. The molecule has 122 valence electrons. The van der Waals surface area contributed by atoms with Crippen molar-refractivity contribution >= 4 is 16.5 Å². The third-order valence-corrected chi connectivity index (χ3v) is 4.81. The van der Waals surface area contributed by atoms with Crippen LogP contribution in [-0.2, 0) is 11.3 Å². The summed E-state index contributed by atoms with van der Waals surface area (Å²) in [6.45, 7) is 14.6. The van der Waals surface area contributed by atoms with Crippen LogP contribution in [0.25, 0.3) is 0 Å². The maximum Gasteiger partial charge on any atom is 0.186 e. The van der Waals surface area contributed by atoms with E-state index < -0.39 is 0 Å². The summed E-state index contributed by atoms with van der Waals surface area (Å²) in [6, 6.07) is 0.485. The van der Waals surface area contributed by atoms with Crippen LogP contribution in [0.2, 0.25) is 0 Å². The number of aromatic nitrogens is 1. The molecular formula is C16H31N3OS. The molecule has 1 unspecified atom stereocenters. The summed E-state index contributed by atoms with van der Waals surface area (Å²) in [7, 11) is 1.76. The molecular weight excluding hydrogens is 282 g/mol. The van der Waals surface area contributed by atoms with Gasteiger partial charge in [-0.05, 0) is 25.8 Å². The quantitative estimate of drug-likeness (QED) is 0.716. The van der Waals surface area contributed by atoms with Crippen LogP contribution in [0.15, 0.2) is 0 Å². The molecule has 1 N–H and O–H groups in total. The molecule has 0 amide bonds. The van der Waals surface area contributed by atoms with Crippen LogP contribution in [0, 0.1) is 0 Å². The fraction of sp³-hybridized carbons (Fsp3) is 0.812. The van der Waals surface area contributed by atoms with Gasteiger partial charge in [-0.25, -0.2) is 4.98 Å². The molecule has 1 heterocycles. The predicted molar refractivity (Wildman–Crippen MR) is 92.6 cm³/mol. The standard InChI is InChI=1S/C16H31N3OS/c1-7-13(5)19(9-10-20-6)16-18-15(12(3)4)14(21-16)11-17-8-2/h12-13,17H,7-11H2,1-6H3. The Labute approximate surface area is 133 Å². The summed E-state index contributed by atoms with van der Waals surface area (Å²) >= 11 is 1.83. The van der Waals surface area contributed by atoms with Gasteiger partial charge in [0.1, 0.15) is 0 Å². The summed E-state index contributed by atoms with van der Waals surface area (Å²) in [6.07, 6.45) is 1.11. The highest BCUT2D eigenvalue weighted by Gasteiger charge is 2.20. The molecule has 0 aliphatic rings. The fourth-order valence-corrected chi connectivity index (χ4v) is 3.52. The third-order valence-electron chi connectivity index (χ3n) is 3.70. The van der Waals surface area contributed by atoms with E-state index in [1.165, 1.54) is 10.6 Å². The van der Waals surface area contributed by atoms with Gasteiger partial charge in [-0.15, -0.1) is 11.3 Å². The van der Waals surface area contributed by atoms with Crippen LogP contribution in [0.3, 0.4) is 0 Å². The van der Waals surface area contributed by atoms with E-state index in [9.17, 15) is 0 Å². The second-order valence-corrected chi connectivity index (χ2v) is 6.75. The van der Waals surface area contributed by atoms with Crippen LogP contribution in [0.1, 0.15) is 57.5 Å². The average Bonchev–Trinajstić information content (AvgIpc) is 2.89. The SMILES string of the molecule is CCNCc1sc(N(CCOC)C(C)CC)nc1C(C)C. The van der Waals surface area contributed by atoms with Crippen LogP contribution < -0.4 is 10.2 Å². The number of hydrogen-bond acceptors (Lipinski definition) is 5. The summed E-state index contributed by atoms with van der Waals surface area (Å²) in [5.41, 5.74) is 1.24. The molecule has 0 bridgehead atoms. The summed E-state index contributed by atoms with van der Waals surface area (Å²) in [5.74, 6) is 0.463. The monoisotopic (exact) mass is 313 g/mol. The second-order valence-electron chi connectivity index (χ2n) is 5.68. The molecule has 0 radical (unpaired) electrons. The maximum atomic E-state index is 5.26. The zero-order valence-corrected chi connectivity index (χ0v) is 15.2. The number of nitrogens with one attached hydrogen (secondary N) is 1. The highest BCUT2D eigenvalue weighted by Crippen LogP contribution is 2.32. The fourth-order valence-electron chi connectivity index (χ4n) is 2.20. The van der Waals surface area contributed by atoms with E-state index >= 15 is 0 Å². The Morgan fingerprint density at radius 3 is 2.52 bits per heavy atom. The van der Waals surface area contributed by atoms with Gasteiger partial charge in [0.05, 0.1) is 12.3 Å². The van der Waals surface area contributed by atoms with Gasteiger partial charge in [-0.1, -0.05) is 27.7 Å². The number of anilines is 1. The number of nitrogens with zero attached hydrogens (tertiary/aromatic N) is 2. The normalized spacial score (nSPS) is 12.9. The molecule has 0 saturated heterocycles. The Morgan fingerprint density at radius 2 is 2.00 bits per heavy atom. The molecule has 1 atom stereocenters. The van der Waals surface area contributed by atoms with Gasteiger partial charge in [-0.2, -0.15) is 0 Å². The largest absolute Gasteiger partial charge is 0.383 e. The number of methoxy groups -OCH3 is 1. The van der Waals surface area contributed by atoms with Crippen molar-refractivity contribution < 1.29 is 4.74 Å². The van der Waals surface area contributed by atoms with Crippen LogP contribution in [-0.4, -0.2) is 37.8 Å². The van der Waals surface area contributed by atoms with Gasteiger partial charge in [0.25, 0.3) is 0 Å². The zero-order chi connectivity index (χ0) is 15.8. The lowest BCUT2D eigenvalue weighted by atomic mass is 10.1. The maximum absolute atomic E-state index is 5.26. The first-order valence-corrected chi connectivity index (χ1v) is 8.82. The molecule has 0 aromatic carbocycles. The van der Waals surface area contributed by atoms with Crippen molar-refractivity contribution in [3.8, 4) is 0 Å². The zero-order valence-electron chi connectivity index (χ0n) is 14.4. The van der Waals surface area contributed by atoms with Crippen molar-refractivity contribution in [3.63, 3.8) is 0 Å². The molecule has 0 fully saturated rings. The highest BCUT2D eigenvalue weighted by molar-refractivity contribution is 7.15. The molecule has 1 rings (SSSR count). The van der Waals surface area contributed by atoms with E-state index in [1.54, 1.807) is 7.11 Å². The first kappa shape index (κ1) is 18.4. The summed E-state index contributed by atoms with van der Waals surface area (Å²) in [4.78, 5) is 8.69. The minimum atomic E-state index is 0.463. The van der Waals surface area contributed by atoms with Gasteiger partial charge < -0.3 is 15.0 Å². The Hall–Kier alpha value is -0.650. The van der Waals surface area contributed by atoms with Crippen molar-refractivity contribution in [3.05, 3.63) is 10.6 Å². The minimum absolute atomic E-state index is 0.463. The third kappa shape index (κ3) is 5.24. The van der Waals surface area contributed by atoms with Crippen LogP contribution in [0.5, 0.6) is 0 Å². The van der Waals surface area contributed by atoms with Crippen molar-refractivity contribution in [1.29, 1.82) is 0 Å². The number of rotatable bonds is 10. The lowest BCUT2D eigenvalue weighted by Crippen LogP contribution is -2.35. The lowest BCUT2D eigenvalue weighted by molar-refractivity contribution is 0.203. The molecule has 21 heavy (non-hydrogen) atoms. The van der Waals surface area contributed by atoms with E-state index in [0.29, 0.717) is 12.0 Å². The van der Waals surface area contributed by atoms with E-state index in [2.05, 4.69) is 44.8 Å². The lowest BCUT2D eigenvalue weighted by Gasteiger charge is -2.27. The molecule has 0 aliphatic carbocycles. The molecule has 0 saturated carbocycles. The van der Waals surface area contributed by atoms with Crippen molar-refractivity contribution in [1.82, 2.24) is 10.3 Å². The van der Waals surface area contributed by atoms with E-state index in [1.807, 2.05) is 11.3 Å². The minimum Gasteiger partial charge on any atom is -0.383 e. The van der Waals surface area contributed by atoms with Gasteiger partial charge in [0, 0.05) is 31.1 Å². The molecule has 1 aromatic heterocycles. The first-order valence-electron chi connectivity index (χ1n) is 8.00. The Bertz CT molecular complexity index is 406. The summed E-state index contributed by atoms with van der Waals surface area (Å²) < 4.78 is 5.26. The molecule has 4 nitrogen and oxygen atoms in total. The van der Waals surface area contributed by atoms with Gasteiger partial charge >= 0.3 is 0 Å². The van der Waals surface area contributed by atoms with Crippen molar-refractivity contribution in [2.24, 2.45) is 0 Å². The Balaban J connectivity index is 3.01. The Kier molecular flexibility index (Phi) is 8.22. The number of thiazole rings is 1. The molecule has 0 aliphatic heterocycles. The predicted octanol–water partition coefficient (Wildman–Crippen LogP) is 3.63. The first-order chi connectivity index (χ1) is 10.0. The van der Waals surface area contributed by atoms with Crippen molar-refractivity contribution in [2.75, 3.05) is 31.7 Å². The molecule has 0 spiro atoms. The highest BCUT2D eigenvalue weighted by atomic mass is 32.1. The molecule has 1 aromatic rings. The van der Waals surface area contributed by atoms with E-state index in [0.717, 1.165) is 37.8 Å². The summed E-state index contributed by atoms with van der Waals surface area (Å²) in [5, 5.41) is 4.56. The van der Waals surface area contributed by atoms with Crippen molar-refractivity contribution in [2.45, 2.75) is 59.5 Å². The number of ether oxygens (including phenoxy) is 1. The smallest absolute Gasteiger partial charge is 0.186 e. The van der Waals surface area contributed by atoms with Gasteiger partial charge in [0.15, 0.2) is 5.13 Å². The van der Waals surface area contributed by atoms with Gasteiger partial charge in [-0.3, -0.25) is 0 Å². The second kappa shape index (κ2) is 9.38. The van der Waals surface area contributed by atoms with E-state index in [4.69, 9.17) is 9.72 Å². The topological polar surface area (TPSA) is 37.4 Å². The Morgan fingerprint density at radius 1 is 1.29 bits per heavy atom. The van der Waals surface area contributed by atoms with Crippen LogP contribution >= 0.6 is 11.3 Å². The van der Waals surface area contributed by atoms with E-state index in [-0.39, 0.29) is 0 Å². The van der Waals surface area contributed by atoms with Crippen LogP contribution in [0.4, 0.5) is 5.13 Å². The average molecular weight is 314 g/mol. The van der Waals surface area contributed by atoms with Gasteiger partial charge in [0.2, 0.25) is 0 Å².